The first-order valence-corrected chi connectivity index (χ1v) is 11.9. The third-order valence-corrected chi connectivity index (χ3v) is 6.25. The van der Waals surface area contributed by atoms with E-state index < -0.39 is 0 Å². The van der Waals surface area contributed by atoms with Gasteiger partial charge in [-0.2, -0.15) is 0 Å². The van der Waals surface area contributed by atoms with E-state index in [9.17, 15) is 4.79 Å². The SMILES string of the molecule is CCC(CC)C(=O)NCCCCCc1nc2ccccc2n1Cc1ccc(Br)cc1. The summed E-state index contributed by atoms with van der Waals surface area (Å²) in [6, 6.07) is 16.9. The molecule has 1 heterocycles. The molecule has 30 heavy (non-hydrogen) atoms. The number of amides is 1. The molecule has 0 aliphatic carbocycles. The number of rotatable bonds is 11. The van der Waals surface area contributed by atoms with Crippen LogP contribution in [0.5, 0.6) is 0 Å². The second kappa shape index (κ2) is 11.3. The van der Waals surface area contributed by atoms with Crippen LogP contribution >= 0.6 is 15.9 Å². The Bertz CT molecular complexity index is 945. The highest BCUT2D eigenvalue weighted by Crippen LogP contribution is 2.20. The van der Waals surface area contributed by atoms with Crippen molar-refractivity contribution in [3.8, 4) is 0 Å². The van der Waals surface area contributed by atoms with Crippen LogP contribution in [0.1, 0.15) is 57.3 Å². The van der Waals surface area contributed by atoms with Gasteiger partial charge in [-0.15, -0.1) is 0 Å². The van der Waals surface area contributed by atoms with Gasteiger partial charge in [-0.3, -0.25) is 4.79 Å². The van der Waals surface area contributed by atoms with Crippen LogP contribution in [0.3, 0.4) is 0 Å². The predicted octanol–water partition coefficient (Wildman–Crippen LogP) is 6.11. The molecule has 0 aliphatic heterocycles. The average molecular weight is 470 g/mol. The Hall–Kier alpha value is -2.14. The quantitative estimate of drug-likeness (QED) is 0.344. The Balaban J connectivity index is 1.56. The molecule has 2 aromatic carbocycles. The van der Waals surface area contributed by atoms with Gasteiger partial charge < -0.3 is 9.88 Å². The lowest BCUT2D eigenvalue weighted by molar-refractivity contribution is -0.125. The summed E-state index contributed by atoms with van der Waals surface area (Å²) in [6.07, 6.45) is 5.95. The molecule has 0 saturated carbocycles. The van der Waals surface area contributed by atoms with Gasteiger partial charge in [0.15, 0.2) is 0 Å². The number of aromatic nitrogens is 2. The van der Waals surface area contributed by atoms with Gasteiger partial charge in [-0.1, -0.05) is 60.5 Å². The van der Waals surface area contributed by atoms with Crippen molar-refractivity contribution in [1.82, 2.24) is 14.9 Å². The zero-order valence-corrected chi connectivity index (χ0v) is 19.6. The fourth-order valence-corrected chi connectivity index (χ4v) is 4.13. The molecule has 0 atom stereocenters. The number of fused-ring (bicyclic) bond motifs is 1. The molecular formula is C25H32BrN3O. The van der Waals surface area contributed by atoms with Gasteiger partial charge >= 0.3 is 0 Å². The normalized spacial score (nSPS) is 11.3. The number of para-hydroxylation sites is 2. The Morgan fingerprint density at radius 3 is 2.50 bits per heavy atom. The molecule has 0 radical (unpaired) electrons. The van der Waals surface area contributed by atoms with Gasteiger partial charge in [-0.25, -0.2) is 4.98 Å². The summed E-state index contributed by atoms with van der Waals surface area (Å²) in [5, 5.41) is 3.09. The van der Waals surface area contributed by atoms with Gasteiger partial charge in [0, 0.05) is 29.9 Å². The highest BCUT2D eigenvalue weighted by atomic mass is 79.9. The monoisotopic (exact) mass is 469 g/mol. The van der Waals surface area contributed by atoms with E-state index in [1.807, 2.05) is 6.07 Å². The van der Waals surface area contributed by atoms with E-state index in [2.05, 4.69) is 82.1 Å². The van der Waals surface area contributed by atoms with Crippen LogP contribution in [-0.4, -0.2) is 22.0 Å². The maximum absolute atomic E-state index is 12.1. The summed E-state index contributed by atoms with van der Waals surface area (Å²) >= 11 is 3.51. The summed E-state index contributed by atoms with van der Waals surface area (Å²) in [7, 11) is 0. The molecule has 1 amide bonds. The van der Waals surface area contributed by atoms with E-state index in [1.165, 1.54) is 11.1 Å². The first kappa shape index (κ1) is 22.5. The molecule has 1 aromatic heterocycles. The molecule has 3 aromatic rings. The van der Waals surface area contributed by atoms with Crippen molar-refractivity contribution in [2.75, 3.05) is 6.54 Å². The number of unbranched alkanes of at least 4 members (excludes halogenated alkanes) is 2. The number of imidazole rings is 1. The van der Waals surface area contributed by atoms with Crippen molar-refractivity contribution in [2.45, 2.75) is 58.9 Å². The number of aryl methyl sites for hydroxylation is 1. The van der Waals surface area contributed by atoms with Gasteiger partial charge in [0.1, 0.15) is 5.82 Å². The van der Waals surface area contributed by atoms with Crippen molar-refractivity contribution in [2.24, 2.45) is 5.92 Å². The Morgan fingerprint density at radius 1 is 1.03 bits per heavy atom. The number of carbonyl (C=O) groups is 1. The molecule has 0 saturated heterocycles. The zero-order valence-electron chi connectivity index (χ0n) is 18.0. The van der Waals surface area contributed by atoms with Crippen LogP contribution in [0.25, 0.3) is 11.0 Å². The lowest BCUT2D eigenvalue weighted by Crippen LogP contribution is -2.30. The first-order valence-electron chi connectivity index (χ1n) is 11.1. The Labute approximate surface area is 188 Å². The number of nitrogens with one attached hydrogen (secondary N) is 1. The molecule has 1 N–H and O–H groups in total. The van der Waals surface area contributed by atoms with E-state index in [0.29, 0.717) is 0 Å². The second-order valence-electron chi connectivity index (χ2n) is 7.84. The summed E-state index contributed by atoms with van der Waals surface area (Å²) < 4.78 is 3.44. The maximum Gasteiger partial charge on any atom is 0.223 e. The zero-order chi connectivity index (χ0) is 21.3. The van der Waals surface area contributed by atoms with Crippen LogP contribution in [0.15, 0.2) is 53.0 Å². The van der Waals surface area contributed by atoms with E-state index in [0.717, 1.165) is 67.4 Å². The lowest BCUT2D eigenvalue weighted by Gasteiger charge is -2.12. The van der Waals surface area contributed by atoms with Crippen LogP contribution in [0.2, 0.25) is 0 Å². The topological polar surface area (TPSA) is 46.9 Å². The van der Waals surface area contributed by atoms with Crippen LogP contribution < -0.4 is 5.32 Å². The summed E-state index contributed by atoms with van der Waals surface area (Å²) in [5.41, 5.74) is 3.52. The standard InChI is InChI=1S/C25H32BrN3O/c1-3-20(4-2)25(30)27-17-9-5-6-12-24-28-22-10-7-8-11-23(22)29(24)18-19-13-15-21(26)16-14-19/h7-8,10-11,13-16,20H,3-6,9,12,17-18H2,1-2H3,(H,27,30). The highest BCUT2D eigenvalue weighted by molar-refractivity contribution is 9.10. The molecule has 0 spiro atoms. The molecular weight excluding hydrogens is 438 g/mol. The Kier molecular flexibility index (Phi) is 8.50. The van der Waals surface area contributed by atoms with Gasteiger partial charge in [0.2, 0.25) is 5.91 Å². The van der Waals surface area contributed by atoms with E-state index in [-0.39, 0.29) is 11.8 Å². The van der Waals surface area contributed by atoms with Crippen molar-refractivity contribution < 1.29 is 4.79 Å². The van der Waals surface area contributed by atoms with Crippen molar-refractivity contribution in [3.05, 3.63) is 64.4 Å². The van der Waals surface area contributed by atoms with E-state index in [1.54, 1.807) is 0 Å². The molecule has 4 nitrogen and oxygen atoms in total. The van der Waals surface area contributed by atoms with Gasteiger partial charge in [0.25, 0.3) is 0 Å². The maximum atomic E-state index is 12.1. The largest absolute Gasteiger partial charge is 0.356 e. The van der Waals surface area contributed by atoms with E-state index >= 15 is 0 Å². The molecule has 0 unspecified atom stereocenters. The number of benzene rings is 2. The number of hydrogen-bond acceptors (Lipinski definition) is 2. The molecule has 0 fully saturated rings. The number of hydrogen-bond donors (Lipinski definition) is 1. The number of nitrogens with zero attached hydrogens (tertiary/aromatic N) is 2. The minimum Gasteiger partial charge on any atom is -0.356 e. The summed E-state index contributed by atoms with van der Waals surface area (Å²) in [4.78, 5) is 17.0. The van der Waals surface area contributed by atoms with Gasteiger partial charge in [0.05, 0.1) is 11.0 Å². The highest BCUT2D eigenvalue weighted by Gasteiger charge is 2.13. The smallest absolute Gasteiger partial charge is 0.223 e. The second-order valence-corrected chi connectivity index (χ2v) is 8.76. The van der Waals surface area contributed by atoms with Crippen LogP contribution in [-0.2, 0) is 17.8 Å². The average Bonchev–Trinajstić information content (AvgIpc) is 3.10. The third-order valence-electron chi connectivity index (χ3n) is 5.72. The first-order chi connectivity index (χ1) is 14.6. The van der Waals surface area contributed by atoms with E-state index in [4.69, 9.17) is 4.98 Å². The van der Waals surface area contributed by atoms with Crippen molar-refractivity contribution in [3.63, 3.8) is 0 Å². The van der Waals surface area contributed by atoms with Crippen molar-refractivity contribution in [1.29, 1.82) is 0 Å². The minimum absolute atomic E-state index is 0.156. The fraction of sp³-hybridized carbons (Fsp3) is 0.440. The molecule has 0 aliphatic rings. The fourth-order valence-electron chi connectivity index (χ4n) is 3.87. The van der Waals surface area contributed by atoms with Crippen LogP contribution in [0, 0.1) is 5.92 Å². The van der Waals surface area contributed by atoms with Crippen LogP contribution in [0.4, 0.5) is 0 Å². The number of halogens is 1. The van der Waals surface area contributed by atoms with Gasteiger partial charge in [-0.05, 0) is 55.5 Å². The summed E-state index contributed by atoms with van der Waals surface area (Å²) in [5.74, 6) is 1.50. The predicted molar refractivity (Wildman–Crippen MR) is 128 cm³/mol. The molecule has 160 valence electrons. The molecule has 5 heteroatoms. The molecule has 0 bridgehead atoms. The lowest BCUT2D eigenvalue weighted by atomic mass is 10.0. The third kappa shape index (κ3) is 5.94. The van der Waals surface area contributed by atoms with Crippen molar-refractivity contribution >= 4 is 32.9 Å². The molecule has 3 rings (SSSR count). The minimum atomic E-state index is 0.156. The number of carbonyl (C=O) groups excluding carboxylic acids is 1. The summed E-state index contributed by atoms with van der Waals surface area (Å²) in [6.45, 7) is 5.75. The Morgan fingerprint density at radius 2 is 1.77 bits per heavy atom.